The lowest BCUT2D eigenvalue weighted by Gasteiger charge is -2.16. The Labute approximate surface area is 213 Å². The molecule has 0 bridgehead atoms. The molecule has 6 aromatic rings. The number of aromatic amines is 2. The third-order valence-corrected chi connectivity index (χ3v) is 7.27. The Kier molecular flexibility index (Phi) is 5.79. The van der Waals surface area contributed by atoms with E-state index in [1.807, 2.05) is 12.3 Å². The Morgan fingerprint density at radius 2 is 1.86 bits per heavy atom. The van der Waals surface area contributed by atoms with Crippen molar-refractivity contribution < 1.29 is 5.11 Å². The minimum atomic E-state index is -0.605. The van der Waals surface area contributed by atoms with Crippen LogP contribution in [0.2, 0.25) is 0 Å². The molecule has 0 saturated heterocycles. The molecular weight excluding hydrogens is 466 g/mol. The normalized spacial score (nSPS) is 12.6. The Balaban J connectivity index is 1.37. The van der Waals surface area contributed by atoms with Crippen LogP contribution >= 0.6 is 11.3 Å². The average Bonchev–Trinajstić information content (AvgIpc) is 3.62. The van der Waals surface area contributed by atoms with Crippen molar-refractivity contribution in [2.45, 2.75) is 26.5 Å². The molecule has 0 aliphatic carbocycles. The molecule has 4 heterocycles. The van der Waals surface area contributed by atoms with Crippen molar-refractivity contribution >= 4 is 38.8 Å². The van der Waals surface area contributed by atoms with Crippen molar-refractivity contribution in [2.75, 3.05) is 5.32 Å². The summed E-state index contributed by atoms with van der Waals surface area (Å²) in [5, 5.41) is 25.6. The van der Waals surface area contributed by atoms with Crippen molar-refractivity contribution in [1.82, 2.24) is 20.2 Å². The van der Waals surface area contributed by atoms with Crippen LogP contribution in [-0.2, 0) is 0 Å². The lowest BCUT2D eigenvalue weighted by molar-refractivity contribution is 0.176. The SMILES string of the molecule is CC(C)CC(O)Nc1cncc(-c2ccc3[nH]nc(-c4cc5c(-c6cccs6)cccc5[nH]4)c3c2)c1. The van der Waals surface area contributed by atoms with Crippen LogP contribution in [0.25, 0.3) is 54.8 Å². The highest BCUT2D eigenvalue weighted by Gasteiger charge is 2.15. The molecule has 0 amide bonds. The van der Waals surface area contributed by atoms with Crippen LogP contribution in [0.4, 0.5) is 5.69 Å². The Morgan fingerprint density at radius 3 is 2.69 bits per heavy atom. The van der Waals surface area contributed by atoms with E-state index in [0.29, 0.717) is 12.3 Å². The van der Waals surface area contributed by atoms with Crippen molar-refractivity contribution in [3.05, 3.63) is 78.4 Å². The lowest BCUT2D eigenvalue weighted by atomic mass is 10.0. The van der Waals surface area contributed by atoms with Gasteiger partial charge in [-0.2, -0.15) is 5.10 Å². The molecule has 6 nitrogen and oxygen atoms in total. The van der Waals surface area contributed by atoms with Crippen LogP contribution in [0.5, 0.6) is 0 Å². The number of thiophene rings is 1. The molecule has 36 heavy (non-hydrogen) atoms. The van der Waals surface area contributed by atoms with Gasteiger partial charge in [0.05, 0.1) is 23.1 Å². The second kappa shape index (κ2) is 9.26. The number of anilines is 1. The maximum atomic E-state index is 10.3. The summed E-state index contributed by atoms with van der Waals surface area (Å²) < 4.78 is 0. The number of H-pyrrole nitrogens is 2. The maximum absolute atomic E-state index is 10.3. The highest BCUT2D eigenvalue weighted by atomic mass is 32.1. The average molecular weight is 494 g/mol. The third kappa shape index (κ3) is 4.27. The van der Waals surface area contributed by atoms with E-state index >= 15 is 0 Å². The number of pyridine rings is 1. The number of rotatable bonds is 7. The number of nitrogens with zero attached hydrogens (tertiary/aromatic N) is 2. The Bertz CT molecular complexity index is 1650. The zero-order valence-corrected chi connectivity index (χ0v) is 20.9. The summed E-state index contributed by atoms with van der Waals surface area (Å²) in [7, 11) is 0. The van der Waals surface area contributed by atoms with Gasteiger partial charge in [0.25, 0.3) is 0 Å². The molecular formula is C29H27N5OS. The van der Waals surface area contributed by atoms with Gasteiger partial charge < -0.3 is 15.4 Å². The monoisotopic (exact) mass is 493 g/mol. The van der Waals surface area contributed by atoms with Crippen LogP contribution in [0, 0.1) is 5.92 Å². The second-order valence-electron chi connectivity index (χ2n) is 9.51. The highest BCUT2D eigenvalue weighted by Crippen LogP contribution is 2.36. The summed E-state index contributed by atoms with van der Waals surface area (Å²) >= 11 is 1.74. The zero-order valence-electron chi connectivity index (χ0n) is 20.1. The number of aromatic nitrogens is 4. The molecule has 0 fully saturated rings. The van der Waals surface area contributed by atoms with E-state index in [4.69, 9.17) is 0 Å². The van der Waals surface area contributed by atoms with Crippen molar-refractivity contribution in [2.24, 2.45) is 5.92 Å². The van der Waals surface area contributed by atoms with Crippen LogP contribution < -0.4 is 5.32 Å². The van der Waals surface area contributed by atoms with Crippen LogP contribution in [0.3, 0.4) is 0 Å². The summed E-state index contributed by atoms with van der Waals surface area (Å²) in [4.78, 5) is 9.22. The van der Waals surface area contributed by atoms with E-state index in [1.165, 1.54) is 15.8 Å². The van der Waals surface area contributed by atoms with Gasteiger partial charge in [-0.1, -0.05) is 38.1 Å². The number of hydrogen-bond donors (Lipinski definition) is 4. The van der Waals surface area contributed by atoms with Gasteiger partial charge in [-0.3, -0.25) is 10.1 Å². The molecule has 1 atom stereocenters. The van der Waals surface area contributed by atoms with E-state index in [0.717, 1.165) is 44.6 Å². The van der Waals surface area contributed by atoms with E-state index in [1.54, 1.807) is 17.5 Å². The molecule has 2 aromatic carbocycles. The fourth-order valence-electron chi connectivity index (χ4n) is 4.70. The predicted octanol–water partition coefficient (Wildman–Crippen LogP) is 7.28. The summed E-state index contributed by atoms with van der Waals surface area (Å²) in [5.41, 5.74) is 7.95. The van der Waals surface area contributed by atoms with Crippen molar-refractivity contribution in [3.63, 3.8) is 0 Å². The third-order valence-electron chi connectivity index (χ3n) is 6.37. The van der Waals surface area contributed by atoms with Gasteiger partial charge in [0.1, 0.15) is 11.9 Å². The van der Waals surface area contributed by atoms with Crippen LogP contribution in [-0.4, -0.2) is 31.5 Å². The quantitative estimate of drug-likeness (QED) is 0.176. The molecule has 6 rings (SSSR count). The summed E-state index contributed by atoms with van der Waals surface area (Å²) in [6.45, 7) is 4.18. The predicted molar refractivity (Wildman–Crippen MR) is 149 cm³/mol. The van der Waals surface area contributed by atoms with Gasteiger partial charge in [0.15, 0.2) is 0 Å². The smallest absolute Gasteiger partial charge is 0.124 e. The number of fused-ring (bicyclic) bond motifs is 2. The van der Waals surface area contributed by atoms with E-state index in [2.05, 4.69) is 99.3 Å². The highest BCUT2D eigenvalue weighted by molar-refractivity contribution is 7.13. The van der Waals surface area contributed by atoms with E-state index in [-0.39, 0.29) is 0 Å². The van der Waals surface area contributed by atoms with Crippen molar-refractivity contribution in [3.8, 4) is 33.0 Å². The van der Waals surface area contributed by atoms with Crippen LogP contribution in [0.1, 0.15) is 20.3 Å². The topological polar surface area (TPSA) is 89.6 Å². The fourth-order valence-corrected chi connectivity index (χ4v) is 5.47. The van der Waals surface area contributed by atoms with Gasteiger partial charge in [0.2, 0.25) is 0 Å². The second-order valence-corrected chi connectivity index (χ2v) is 10.5. The lowest BCUT2D eigenvalue weighted by Crippen LogP contribution is -2.20. The molecule has 0 spiro atoms. The molecule has 1 unspecified atom stereocenters. The molecule has 0 aliphatic heterocycles. The van der Waals surface area contributed by atoms with Gasteiger partial charge in [0, 0.05) is 38.5 Å². The van der Waals surface area contributed by atoms with Gasteiger partial charge >= 0.3 is 0 Å². The first-order valence-electron chi connectivity index (χ1n) is 12.1. The molecule has 180 valence electrons. The zero-order chi connectivity index (χ0) is 24.6. The Morgan fingerprint density at radius 1 is 0.944 bits per heavy atom. The van der Waals surface area contributed by atoms with Gasteiger partial charge in [-0.15, -0.1) is 11.3 Å². The molecule has 4 N–H and O–H groups in total. The van der Waals surface area contributed by atoms with Gasteiger partial charge in [-0.05, 0) is 59.7 Å². The maximum Gasteiger partial charge on any atom is 0.124 e. The first-order valence-corrected chi connectivity index (χ1v) is 13.0. The molecule has 7 heteroatoms. The standard InChI is InChI=1S/C29H27N5OS/c1-17(2)11-28(35)31-20-12-19(15-30-16-20)18-8-9-25-23(13-18)29(34-33-25)26-14-22-21(27-7-4-10-36-27)5-3-6-24(22)32-26/h3-10,12-17,28,31-32,35H,11H2,1-2H3,(H,33,34). The molecule has 0 radical (unpaired) electrons. The largest absolute Gasteiger partial charge is 0.374 e. The molecule has 4 aromatic heterocycles. The minimum Gasteiger partial charge on any atom is -0.374 e. The first kappa shape index (κ1) is 22.5. The number of hydrogen-bond acceptors (Lipinski definition) is 5. The summed E-state index contributed by atoms with van der Waals surface area (Å²) in [6.07, 6.45) is 3.65. The van der Waals surface area contributed by atoms with E-state index in [9.17, 15) is 5.11 Å². The molecule has 0 aliphatic rings. The summed E-state index contributed by atoms with van der Waals surface area (Å²) in [5.74, 6) is 0.400. The number of aliphatic hydroxyl groups excluding tert-OH is 1. The first-order chi connectivity index (χ1) is 17.5. The minimum absolute atomic E-state index is 0.400. The van der Waals surface area contributed by atoms with Gasteiger partial charge in [-0.25, -0.2) is 0 Å². The van der Waals surface area contributed by atoms with Crippen LogP contribution in [0.15, 0.2) is 78.4 Å². The number of aliphatic hydroxyl groups is 1. The molecule has 0 saturated carbocycles. The summed E-state index contributed by atoms with van der Waals surface area (Å²) in [6, 6.07) is 21.1. The fraction of sp³-hybridized carbons (Fsp3) is 0.172. The number of nitrogens with one attached hydrogen (secondary N) is 3. The Hall–Kier alpha value is -3.94. The number of benzene rings is 2. The van der Waals surface area contributed by atoms with E-state index < -0.39 is 6.23 Å². The van der Waals surface area contributed by atoms with Crippen molar-refractivity contribution in [1.29, 1.82) is 0 Å².